The molecule has 0 amide bonds. The minimum absolute atomic E-state index is 0.0276. The molecule has 0 aromatic heterocycles. The van der Waals surface area contributed by atoms with E-state index in [-0.39, 0.29) is 18.7 Å². The monoisotopic (exact) mass is 245 g/mol. The predicted octanol–water partition coefficient (Wildman–Crippen LogP) is 1.59. The summed E-state index contributed by atoms with van der Waals surface area (Å²) in [5.74, 6) is -0.351. The van der Waals surface area contributed by atoms with Gasteiger partial charge in [-0.3, -0.25) is 0 Å². The summed E-state index contributed by atoms with van der Waals surface area (Å²) in [6.45, 7) is 7.71. The maximum absolute atomic E-state index is 11.4. The quantitative estimate of drug-likeness (QED) is 0.765. The first-order chi connectivity index (χ1) is 7.69. The number of piperidine rings is 1. The van der Waals surface area contributed by atoms with Gasteiger partial charge >= 0.3 is 5.97 Å². The van der Waals surface area contributed by atoms with Crippen molar-refractivity contribution in [3.63, 3.8) is 0 Å². The Kier molecular flexibility index (Phi) is 4.17. The number of methoxy groups -OCH3 is 1. The lowest BCUT2D eigenvalue weighted by Gasteiger charge is -2.50. The first-order valence-corrected chi connectivity index (χ1v) is 5.87. The molecule has 0 atom stereocenters. The number of hydrogen-bond acceptors (Lipinski definition) is 5. The maximum Gasteiger partial charge on any atom is 0.332 e. The molecule has 5 heteroatoms. The van der Waals surface area contributed by atoms with Crippen molar-refractivity contribution in [3.05, 3.63) is 0 Å². The number of hydroxylamine groups is 2. The van der Waals surface area contributed by atoms with Crippen LogP contribution in [-0.2, 0) is 14.3 Å². The third-order valence-corrected chi connectivity index (χ3v) is 3.16. The number of carbonyl (C=O) groups is 1. The van der Waals surface area contributed by atoms with Crippen molar-refractivity contribution in [2.75, 3.05) is 13.7 Å². The van der Waals surface area contributed by atoms with Crippen LogP contribution in [0.15, 0.2) is 0 Å². The highest BCUT2D eigenvalue weighted by Gasteiger charge is 2.46. The van der Waals surface area contributed by atoms with Crippen molar-refractivity contribution in [1.82, 2.24) is 5.06 Å². The Labute approximate surface area is 103 Å². The molecule has 1 aliphatic heterocycles. The van der Waals surface area contributed by atoms with Crippen LogP contribution >= 0.6 is 0 Å². The van der Waals surface area contributed by atoms with Crippen LogP contribution in [0.5, 0.6) is 0 Å². The molecule has 1 fully saturated rings. The fourth-order valence-corrected chi connectivity index (χ4v) is 2.60. The summed E-state index contributed by atoms with van der Waals surface area (Å²) in [7, 11) is 1.46. The van der Waals surface area contributed by atoms with Gasteiger partial charge in [-0.15, -0.1) is 0 Å². The van der Waals surface area contributed by atoms with Gasteiger partial charge in [0.25, 0.3) is 0 Å². The van der Waals surface area contributed by atoms with Crippen molar-refractivity contribution in [1.29, 1.82) is 0 Å². The van der Waals surface area contributed by atoms with E-state index in [0.29, 0.717) is 12.8 Å². The zero-order valence-electron chi connectivity index (χ0n) is 11.3. The highest BCUT2D eigenvalue weighted by Crippen LogP contribution is 2.37. The average Bonchev–Trinajstić information content (AvgIpc) is 2.13. The van der Waals surface area contributed by atoms with E-state index in [4.69, 9.17) is 9.47 Å². The van der Waals surface area contributed by atoms with E-state index < -0.39 is 11.1 Å². The molecule has 17 heavy (non-hydrogen) atoms. The lowest BCUT2D eigenvalue weighted by Crippen LogP contribution is -2.60. The van der Waals surface area contributed by atoms with Gasteiger partial charge in [-0.1, -0.05) is 0 Å². The average molecular weight is 245 g/mol. The van der Waals surface area contributed by atoms with Gasteiger partial charge in [0.1, 0.15) is 12.7 Å². The second-order valence-electron chi connectivity index (χ2n) is 5.89. The zero-order valence-corrected chi connectivity index (χ0v) is 11.3. The lowest BCUT2D eigenvalue weighted by atomic mass is 9.80. The van der Waals surface area contributed by atoms with E-state index in [0.717, 1.165) is 0 Å². The van der Waals surface area contributed by atoms with Crippen molar-refractivity contribution < 1.29 is 19.5 Å². The molecule has 1 heterocycles. The number of rotatable bonds is 3. The topological polar surface area (TPSA) is 59.0 Å². The van der Waals surface area contributed by atoms with Crippen molar-refractivity contribution in [2.24, 2.45) is 0 Å². The Balaban J connectivity index is 2.68. The SMILES string of the molecule is COCC(=O)OC1CC(C)(C)N(O)C(C)(C)C1. The van der Waals surface area contributed by atoms with Gasteiger partial charge in [0.2, 0.25) is 0 Å². The van der Waals surface area contributed by atoms with E-state index in [1.54, 1.807) is 0 Å². The summed E-state index contributed by atoms with van der Waals surface area (Å²) in [5, 5.41) is 11.4. The molecule has 0 aromatic carbocycles. The Morgan fingerprint density at radius 1 is 1.29 bits per heavy atom. The summed E-state index contributed by atoms with van der Waals surface area (Å²) in [6.07, 6.45) is 1.05. The summed E-state index contributed by atoms with van der Waals surface area (Å²) in [4.78, 5) is 11.4. The smallest absolute Gasteiger partial charge is 0.332 e. The molecule has 1 N–H and O–H groups in total. The standard InChI is InChI=1S/C12H23NO4/c1-11(2)6-9(17-10(14)8-16-5)7-12(3,4)13(11)15/h9,15H,6-8H2,1-5H3. The molecule has 0 radical (unpaired) electrons. The lowest BCUT2D eigenvalue weighted by molar-refractivity contribution is -0.259. The van der Waals surface area contributed by atoms with Crippen LogP contribution in [0.1, 0.15) is 40.5 Å². The third-order valence-electron chi connectivity index (χ3n) is 3.16. The van der Waals surface area contributed by atoms with Crippen molar-refractivity contribution in [3.8, 4) is 0 Å². The highest BCUT2D eigenvalue weighted by atomic mass is 16.6. The van der Waals surface area contributed by atoms with E-state index >= 15 is 0 Å². The molecule has 0 aromatic rings. The van der Waals surface area contributed by atoms with Gasteiger partial charge in [0, 0.05) is 31.0 Å². The van der Waals surface area contributed by atoms with Crippen LogP contribution in [0.25, 0.3) is 0 Å². The Bertz CT molecular complexity index is 270. The van der Waals surface area contributed by atoms with Gasteiger partial charge in [0.05, 0.1) is 0 Å². The first-order valence-electron chi connectivity index (χ1n) is 5.87. The molecule has 5 nitrogen and oxygen atoms in total. The summed E-state index contributed by atoms with van der Waals surface area (Å²) in [6, 6.07) is 0. The largest absolute Gasteiger partial charge is 0.461 e. The summed E-state index contributed by atoms with van der Waals surface area (Å²) in [5.41, 5.74) is -0.806. The fraction of sp³-hybridized carbons (Fsp3) is 0.917. The molecule has 1 aliphatic rings. The van der Waals surface area contributed by atoms with Crippen molar-refractivity contribution in [2.45, 2.75) is 57.7 Å². The number of ether oxygens (including phenoxy) is 2. The zero-order chi connectivity index (χ0) is 13.3. The second kappa shape index (κ2) is 4.92. The number of hydrogen-bond donors (Lipinski definition) is 1. The van der Waals surface area contributed by atoms with Crippen LogP contribution in [0.3, 0.4) is 0 Å². The van der Waals surface area contributed by atoms with Gasteiger partial charge in [-0.2, -0.15) is 5.06 Å². The third kappa shape index (κ3) is 3.40. The van der Waals surface area contributed by atoms with Gasteiger partial charge in [-0.25, -0.2) is 4.79 Å². The Morgan fingerprint density at radius 3 is 2.18 bits per heavy atom. The minimum atomic E-state index is -0.403. The first kappa shape index (κ1) is 14.4. The van der Waals surface area contributed by atoms with E-state index in [1.807, 2.05) is 27.7 Å². The molecule has 0 unspecified atom stereocenters. The molecule has 0 aliphatic carbocycles. The van der Waals surface area contributed by atoms with Crippen molar-refractivity contribution >= 4 is 5.97 Å². The fourth-order valence-electron chi connectivity index (χ4n) is 2.60. The predicted molar refractivity (Wildman–Crippen MR) is 62.8 cm³/mol. The Hall–Kier alpha value is -0.650. The number of carbonyl (C=O) groups excluding carboxylic acids is 1. The maximum atomic E-state index is 11.4. The Morgan fingerprint density at radius 2 is 1.76 bits per heavy atom. The van der Waals surface area contributed by atoms with Crippen LogP contribution in [0, 0.1) is 0 Å². The van der Waals surface area contributed by atoms with Crippen LogP contribution in [-0.4, -0.2) is 47.1 Å². The molecule has 0 bridgehead atoms. The number of esters is 1. The van der Waals surface area contributed by atoms with Gasteiger partial charge < -0.3 is 14.7 Å². The molecular formula is C12H23NO4. The summed E-state index contributed by atoms with van der Waals surface area (Å²) >= 11 is 0. The van der Waals surface area contributed by atoms with E-state index in [2.05, 4.69) is 0 Å². The van der Waals surface area contributed by atoms with Gasteiger partial charge in [-0.05, 0) is 27.7 Å². The number of nitrogens with zero attached hydrogens (tertiary/aromatic N) is 1. The second-order valence-corrected chi connectivity index (χ2v) is 5.89. The molecular weight excluding hydrogens is 222 g/mol. The van der Waals surface area contributed by atoms with E-state index in [1.165, 1.54) is 12.2 Å². The van der Waals surface area contributed by atoms with Crippen LogP contribution in [0.4, 0.5) is 0 Å². The normalized spacial score (nSPS) is 24.6. The van der Waals surface area contributed by atoms with Crippen LogP contribution in [0.2, 0.25) is 0 Å². The summed E-state index contributed by atoms with van der Waals surface area (Å²) < 4.78 is 10.1. The minimum Gasteiger partial charge on any atom is -0.461 e. The van der Waals surface area contributed by atoms with E-state index in [9.17, 15) is 10.0 Å². The molecule has 1 rings (SSSR count). The van der Waals surface area contributed by atoms with Gasteiger partial charge in [0.15, 0.2) is 0 Å². The highest BCUT2D eigenvalue weighted by molar-refractivity contribution is 5.70. The molecule has 100 valence electrons. The molecule has 1 saturated heterocycles. The molecule has 0 spiro atoms. The molecule has 0 saturated carbocycles. The van der Waals surface area contributed by atoms with Crippen LogP contribution < -0.4 is 0 Å².